The number of pyridine rings is 1. The molecule has 2 fully saturated rings. The summed E-state index contributed by atoms with van der Waals surface area (Å²) in [5, 5.41) is 0. The lowest BCUT2D eigenvalue weighted by atomic mass is 9.85. The van der Waals surface area contributed by atoms with Gasteiger partial charge in [0.05, 0.1) is 18.7 Å². The maximum Gasteiger partial charge on any atom is 0.255 e. The molecule has 1 atom stereocenters. The third kappa shape index (κ3) is 3.18. The van der Waals surface area contributed by atoms with Crippen molar-refractivity contribution >= 4 is 5.91 Å². The zero-order valence-electron chi connectivity index (χ0n) is 16.1. The van der Waals surface area contributed by atoms with Gasteiger partial charge in [-0.25, -0.2) is 4.98 Å². The van der Waals surface area contributed by atoms with Crippen LogP contribution in [0.3, 0.4) is 0 Å². The predicted octanol–water partition coefficient (Wildman–Crippen LogP) is 4.06. The minimum atomic E-state index is -0.358. The van der Waals surface area contributed by atoms with Crippen LogP contribution in [0.1, 0.15) is 60.0 Å². The Labute approximate surface area is 165 Å². The number of carbonyl (C=O) groups excluding carboxylic acids is 1. The molecule has 3 aliphatic rings. The molecule has 1 aromatic heterocycles. The van der Waals surface area contributed by atoms with E-state index in [4.69, 9.17) is 9.47 Å². The van der Waals surface area contributed by atoms with Crippen LogP contribution in [-0.4, -0.2) is 35.0 Å². The van der Waals surface area contributed by atoms with Crippen molar-refractivity contribution in [2.24, 2.45) is 0 Å². The van der Waals surface area contributed by atoms with Crippen LogP contribution in [0.5, 0.6) is 5.88 Å². The first-order valence-electron chi connectivity index (χ1n) is 10.4. The first-order chi connectivity index (χ1) is 13.7. The summed E-state index contributed by atoms with van der Waals surface area (Å²) >= 11 is 0. The van der Waals surface area contributed by atoms with Crippen molar-refractivity contribution in [2.75, 3.05) is 13.1 Å². The number of ether oxygens (including phenoxy) is 2. The molecule has 5 rings (SSSR count). The molecule has 28 heavy (non-hydrogen) atoms. The van der Waals surface area contributed by atoms with Gasteiger partial charge in [-0.1, -0.05) is 24.3 Å². The van der Waals surface area contributed by atoms with E-state index in [0.717, 1.165) is 32.2 Å². The maximum absolute atomic E-state index is 13.1. The SMILES string of the molecule is O=C(c1ccc(OC2CCCC2)nc1)N1CCCC2(C1)OCc1ccccc12. The Morgan fingerprint density at radius 2 is 2.00 bits per heavy atom. The van der Waals surface area contributed by atoms with E-state index in [2.05, 4.69) is 23.2 Å². The third-order valence-corrected chi connectivity index (χ3v) is 6.33. The molecular formula is C23H26N2O3. The van der Waals surface area contributed by atoms with E-state index in [1.807, 2.05) is 23.1 Å². The van der Waals surface area contributed by atoms with Crippen molar-refractivity contribution in [3.63, 3.8) is 0 Å². The number of hydrogen-bond acceptors (Lipinski definition) is 4. The molecular weight excluding hydrogens is 352 g/mol. The lowest BCUT2D eigenvalue weighted by Gasteiger charge is -2.40. The van der Waals surface area contributed by atoms with E-state index >= 15 is 0 Å². The molecule has 2 aromatic rings. The molecule has 0 bridgehead atoms. The van der Waals surface area contributed by atoms with Gasteiger partial charge in [0.25, 0.3) is 5.91 Å². The van der Waals surface area contributed by atoms with Gasteiger partial charge in [-0.05, 0) is 55.7 Å². The fourth-order valence-corrected chi connectivity index (χ4v) is 4.85. The van der Waals surface area contributed by atoms with E-state index in [-0.39, 0.29) is 17.6 Å². The number of carbonyl (C=O) groups is 1. The zero-order chi connectivity index (χ0) is 19.0. The van der Waals surface area contributed by atoms with Crippen LogP contribution in [-0.2, 0) is 16.9 Å². The summed E-state index contributed by atoms with van der Waals surface area (Å²) in [4.78, 5) is 19.4. The molecule has 1 spiro atoms. The second-order valence-corrected chi connectivity index (χ2v) is 8.18. The topological polar surface area (TPSA) is 51.7 Å². The number of piperidine rings is 1. The summed E-state index contributed by atoms with van der Waals surface area (Å²) in [6.07, 6.45) is 8.47. The average molecular weight is 378 g/mol. The first kappa shape index (κ1) is 17.7. The van der Waals surface area contributed by atoms with Crippen molar-refractivity contribution in [1.82, 2.24) is 9.88 Å². The predicted molar refractivity (Wildman–Crippen MR) is 105 cm³/mol. The number of fused-ring (bicyclic) bond motifs is 2. The average Bonchev–Trinajstić information content (AvgIpc) is 3.37. The number of nitrogens with zero attached hydrogens (tertiary/aromatic N) is 2. The molecule has 5 heteroatoms. The summed E-state index contributed by atoms with van der Waals surface area (Å²) in [5.41, 5.74) is 2.74. The summed E-state index contributed by atoms with van der Waals surface area (Å²) in [6.45, 7) is 1.99. The Kier molecular flexibility index (Phi) is 4.55. The van der Waals surface area contributed by atoms with E-state index in [9.17, 15) is 4.79 Å². The highest BCUT2D eigenvalue weighted by molar-refractivity contribution is 5.94. The molecule has 2 aliphatic heterocycles. The molecule has 0 radical (unpaired) electrons. The van der Waals surface area contributed by atoms with Crippen LogP contribution in [0.15, 0.2) is 42.6 Å². The van der Waals surface area contributed by atoms with Gasteiger partial charge in [0.1, 0.15) is 11.7 Å². The lowest BCUT2D eigenvalue weighted by molar-refractivity contribution is -0.0785. The van der Waals surface area contributed by atoms with E-state index < -0.39 is 0 Å². The number of rotatable bonds is 3. The van der Waals surface area contributed by atoms with Crippen LogP contribution in [0.4, 0.5) is 0 Å². The van der Waals surface area contributed by atoms with Crippen molar-refractivity contribution in [2.45, 2.75) is 56.8 Å². The zero-order valence-corrected chi connectivity index (χ0v) is 16.1. The molecule has 146 valence electrons. The number of aromatic nitrogens is 1. The fourth-order valence-electron chi connectivity index (χ4n) is 4.85. The number of amides is 1. The highest BCUT2D eigenvalue weighted by Gasteiger charge is 2.44. The molecule has 1 aromatic carbocycles. The molecule has 1 saturated heterocycles. The van der Waals surface area contributed by atoms with Crippen molar-refractivity contribution in [3.05, 3.63) is 59.3 Å². The largest absolute Gasteiger partial charge is 0.474 e. The van der Waals surface area contributed by atoms with Gasteiger partial charge in [0.15, 0.2) is 0 Å². The summed E-state index contributed by atoms with van der Waals surface area (Å²) in [5.74, 6) is 0.638. The summed E-state index contributed by atoms with van der Waals surface area (Å²) in [7, 11) is 0. The molecule has 1 aliphatic carbocycles. The lowest BCUT2D eigenvalue weighted by Crippen LogP contribution is -2.48. The molecule has 1 amide bonds. The number of benzene rings is 1. The maximum atomic E-state index is 13.1. The second kappa shape index (κ2) is 7.21. The van der Waals surface area contributed by atoms with Gasteiger partial charge in [-0.3, -0.25) is 4.79 Å². The van der Waals surface area contributed by atoms with Crippen molar-refractivity contribution in [3.8, 4) is 5.88 Å². The van der Waals surface area contributed by atoms with E-state index in [1.165, 1.54) is 24.0 Å². The van der Waals surface area contributed by atoms with Crippen LogP contribution >= 0.6 is 0 Å². The van der Waals surface area contributed by atoms with Gasteiger partial charge < -0.3 is 14.4 Å². The Morgan fingerprint density at radius 1 is 1.14 bits per heavy atom. The van der Waals surface area contributed by atoms with Gasteiger partial charge >= 0.3 is 0 Å². The number of likely N-dealkylation sites (tertiary alicyclic amines) is 1. The molecule has 1 unspecified atom stereocenters. The third-order valence-electron chi connectivity index (χ3n) is 6.33. The van der Waals surface area contributed by atoms with Gasteiger partial charge in [-0.2, -0.15) is 0 Å². The van der Waals surface area contributed by atoms with Crippen molar-refractivity contribution in [1.29, 1.82) is 0 Å². The molecule has 3 heterocycles. The van der Waals surface area contributed by atoms with Crippen LogP contribution in [0.25, 0.3) is 0 Å². The minimum Gasteiger partial charge on any atom is -0.474 e. The Balaban J connectivity index is 1.30. The Hall–Kier alpha value is -2.40. The van der Waals surface area contributed by atoms with Crippen molar-refractivity contribution < 1.29 is 14.3 Å². The standard InChI is InChI=1S/C23H26N2O3/c26-22(17-10-11-21(24-14-17)28-19-7-2-3-8-19)25-13-5-12-23(16-25)20-9-4-1-6-18(20)15-27-23/h1,4,6,9-11,14,19H,2-3,5,7-8,12-13,15-16H2. The van der Waals surface area contributed by atoms with Gasteiger partial charge in [0.2, 0.25) is 5.88 Å². The smallest absolute Gasteiger partial charge is 0.255 e. The molecule has 1 saturated carbocycles. The number of hydrogen-bond donors (Lipinski definition) is 0. The van der Waals surface area contributed by atoms with Crippen LogP contribution in [0, 0.1) is 0 Å². The Bertz CT molecular complexity index is 856. The highest BCUT2D eigenvalue weighted by atomic mass is 16.5. The highest BCUT2D eigenvalue weighted by Crippen LogP contribution is 2.43. The quantitative estimate of drug-likeness (QED) is 0.808. The van der Waals surface area contributed by atoms with E-state index in [1.54, 1.807) is 6.20 Å². The normalized spacial score (nSPS) is 24.5. The Morgan fingerprint density at radius 3 is 2.82 bits per heavy atom. The summed E-state index contributed by atoms with van der Waals surface area (Å²) in [6, 6.07) is 12.0. The minimum absolute atomic E-state index is 0.0203. The molecule has 0 N–H and O–H groups in total. The second-order valence-electron chi connectivity index (χ2n) is 8.18. The van der Waals surface area contributed by atoms with Gasteiger partial charge in [-0.15, -0.1) is 0 Å². The van der Waals surface area contributed by atoms with Gasteiger partial charge in [0, 0.05) is 18.8 Å². The summed E-state index contributed by atoms with van der Waals surface area (Å²) < 4.78 is 12.1. The molecule has 5 nitrogen and oxygen atoms in total. The van der Waals surface area contributed by atoms with Crippen LogP contribution in [0.2, 0.25) is 0 Å². The van der Waals surface area contributed by atoms with Crippen LogP contribution < -0.4 is 4.74 Å². The monoisotopic (exact) mass is 378 g/mol. The van der Waals surface area contributed by atoms with E-state index in [0.29, 0.717) is 24.6 Å². The fraction of sp³-hybridized carbons (Fsp3) is 0.478. The first-order valence-corrected chi connectivity index (χ1v) is 10.4.